The molecule has 1 atom stereocenters. The summed E-state index contributed by atoms with van der Waals surface area (Å²) in [6.45, 7) is 0.891. The van der Waals surface area contributed by atoms with Crippen molar-refractivity contribution in [3.63, 3.8) is 0 Å². The number of aromatic nitrogens is 2. The lowest BCUT2D eigenvalue weighted by Crippen LogP contribution is -2.35. The minimum atomic E-state index is -0.112. The number of hydrogen-bond donors (Lipinski definition) is 2. The van der Waals surface area contributed by atoms with Crippen LogP contribution in [0.5, 0.6) is 0 Å². The summed E-state index contributed by atoms with van der Waals surface area (Å²) in [6.07, 6.45) is 3.22. The zero-order valence-electron chi connectivity index (χ0n) is 8.03. The maximum absolute atomic E-state index is 11.6. The molecule has 0 bridgehead atoms. The van der Waals surface area contributed by atoms with E-state index in [0.717, 1.165) is 19.4 Å². The SMILES string of the molecule is O=C(Nc1cc(Cl)ncn1)[C@@H]1CCCN1. The molecule has 0 radical (unpaired) electrons. The molecule has 1 saturated heterocycles. The fraction of sp³-hybridized carbons (Fsp3) is 0.444. The first-order chi connectivity index (χ1) is 7.25. The predicted molar refractivity (Wildman–Crippen MR) is 56.7 cm³/mol. The largest absolute Gasteiger partial charge is 0.309 e. The predicted octanol–water partition coefficient (Wildman–Crippen LogP) is 0.820. The molecular formula is C9H11ClN4O. The van der Waals surface area contributed by atoms with Gasteiger partial charge < -0.3 is 10.6 Å². The van der Waals surface area contributed by atoms with Crippen molar-refractivity contribution >= 4 is 23.3 Å². The third kappa shape index (κ3) is 2.64. The third-order valence-electron chi connectivity index (χ3n) is 2.26. The van der Waals surface area contributed by atoms with E-state index < -0.39 is 0 Å². The Bertz CT molecular complexity index is 365. The molecule has 0 unspecified atom stereocenters. The fourth-order valence-corrected chi connectivity index (χ4v) is 1.67. The van der Waals surface area contributed by atoms with E-state index in [1.54, 1.807) is 0 Å². The number of carbonyl (C=O) groups is 1. The van der Waals surface area contributed by atoms with E-state index in [9.17, 15) is 4.79 Å². The molecule has 15 heavy (non-hydrogen) atoms. The van der Waals surface area contributed by atoms with E-state index in [0.29, 0.717) is 11.0 Å². The lowest BCUT2D eigenvalue weighted by molar-refractivity contribution is -0.117. The quantitative estimate of drug-likeness (QED) is 0.733. The molecule has 5 nitrogen and oxygen atoms in total. The Morgan fingerprint density at radius 3 is 3.13 bits per heavy atom. The second-order valence-corrected chi connectivity index (χ2v) is 3.75. The Hall–Kier alpha value is -1.20. The van der Waals surface area contributed by atoms with Gasteiger partial charge in [-0.05, 0) is 19.4 Å². The van der Waals surface area contributed by atoms with E-state index in [-0.39, 0.29) is 11.9 Å². The van der Waals surface area contributed by atoms with Crippen molar-refractivity contribution in [3.05, 3.63) is 17.5 Å². The Labute approximate surface area is 92.3 Å². The molecule has 6 heteroatoms. The van der Waals surface area contributed by atoms with E-state index >= 15 is 0 Å². The van der Waals surface area contributed by atoms with Crippen molar-refractivity contribution in [2.75, 3.05) is 11.9 Å². The van der Waals surface area contributed by atoms with Gasteiger partial charge in [-0.15, -0.1) is 0 Å². The highest BCUT2D eigenvalue weighted by atomic mass is 35.5. The number of halogens is 1. The highest BCUT2D eigenvalue weighted by molar-refractivity contribution is 6.29. The maximum Gasteiger partial charge on any atom is 0.242 e. The molecule has 0 aromatic carbocycles. The molecule has 0 aliphatic carbocycles. The van der Waals surface area contributed by atoms with Crippen molar-refractivity contribution in [1.29, 1.82) is 0 Å². The van der Waals surface area contributed by atoms with Gasteiger partial charge >= 0.3 is 0 Å². The minimum absolute atomic E-state index is 0.0673. The first-order valence-corrected chi connectivity index (χ1v) is 5.15. The molecule has 1 aromatic heterocycles. The molecule has 1 amide bonds. The molecule has 80 valence electrons. The summed E-state index contributed by atoms with van der Waals surface area (Å²) in [5.41, 5.74) is 0. The van der Waals surface area contributed by atoms with Crippen molar-refractivity contribution in [2.24, 2.45) is 0 Å². The van der Waals surface area contributed by atoms with E-state index in [2.05, 4.69) is 20.6 Å². The summed E-state index contributed by atoms with van der Waals surface area (Å²) in [6, 6.07) is 1.41. The lowest BCUT2D eigenvalue weighted by atomic mass is 10.2. The first kappa shape index (κ1) is 10.3. The van der Waals surface area contributed by atoms with Gasteiger partial charge in [0, 0.05) is 6.07 Å². The van der Waals surface area contributed by atoms with Crippen LogP contribution in [0.15, 0.2) is 12.4 Å². The van der Waals surface area contributed by atoms with Gasteiger partial charge in [0.05, 0.1) is 6.04 Å². The van der Waals surface area contributed by atoms with Gasteiger partial charge in [-0.2, -0.15) is 0 Å². The third-order valence-corrected chi connectivity index (χ3v) is 2.47. The summed E-state index contributed by atoms with van der Waals surface area (Å²) in [5.74, 6) is 0.371. The van der Waals surface area contributed by atoms with Crippen LogP contribution in [-0.2, 0) is 4.79 Å². The van der Waals surface area contributed by atoms with Gasteiger partial charge in [0.1, 0.15) is 17.3 Å². The molecule has 1 aromatic rings. The number of hydrogen-bond acceptors (Lipinski definition) is 4. The van der Waals surface area contributed by atoms with Crippen LogP contribution in [0, 0.1) is 0 Å². The second kappa shape index (κ2) is 4.55. The van der Waals surface area contributed by atoms with Crippen molar-refractivity contribution < 1.29 is 4.79 Å². The van der Waals surface area contributed by atoms with Crippen LogP contribution in [0.2, 0.25) is 5.15 Å². The minimum Gasteiger partial charge on any atom is -0.309 e. The van der Waals surface area contributed by atoms with Crippen molar-refractivity contribution in [1.82, 2.24) is 15.3 Å². The summed E-state index contributed by atoms with van der Waals surface area (Å²) < 4.78 is 0. The molecule has 0 spiro atoms. The van der Waals surface area contributed by atoms with Crippen molar-refractivity contribution in [2.45, 2.75) is 18.9 Å². The van der Waals surface area contributed by atoms with Gasteiger partial charge in [0.15, 0.2) is 0 Å². The van der Waals surface area contributed by atoms with E-state index in [1.807, 2.05) is 0 Å². The van der Waals surface area contributed by atoms with Crippen LogP contribution < -0.4 is 10.6 Å². The highest BCUT2D eigenvalue weighted by Crippen LogP contribution is 2.11. The Morgan fingerprint density at radius 1 is 1.60 bits per heavy atom. The molecule has 2 rings (SSSR count). The summed E-state index contributed by atoms with van der Waals surface area (Å²) in [5, 5.41) is 6.11. The summed E-state index contributed by atoms with van der Waals surface area (Å²) in [7, 11) is 0. The molecule has 1 aliphatic rings. The highest BCUT2D eigenvalue weighted by Gasteiger charge is 2.22. The monoisotopic (exact) mass is 226 g/mol. The Kier molecular flexibility index (Phi) is 3.13. The summed E-state index contributed by atoms with van der Waals surface area (Å²) >= 11 is 5.67. The van der Waals surface area contributed by atoms with E-state index in [1.165, 1.54) is 12.4 Å². The number of rotatable bonds is 2. The van der Waals surface area contributed by atoms with Crippen LogP contribution in [-0.4, -0.2) is 28.5 Å². The number of nitrogens with one attached hydrogen (secondary N) is 2. The molecular weight excluding hydrogens is 216 g/mol. The number of nitrogens with zero attached hydrogens (tertiary/aromatic N) is 2. The number of carbonyl (C=O) groups excluding carboxylic acids is 1. The maximum atomic E-state index is 11.6. The smallest absolute Gasteiger partial charge is 0.242 e. The summed E-state index contributed by atoms with van der Waals surface area (Å²) in [4.78, 5) is 19.3. The van der Waals surface area contributed by atoms with Gasteiger partial charge in [0.2, 0.25) is 5.91 Å². The number of amides is 1. The van der Waals surface area contributed by atoms with Crippen LogP contribution in [0.3, 0.4) is 0 Å². The van der Waals surface area contributed by atoms with Crippen LogP contribution in [0.4, 0.5) is 5.82 Å². The lowest BCUT2D eigenvalue weighted by Gasteiger charge is -2.09. The standard InChI is InChI=1S/C9H11ClN4O/c10-7-4-8(13-5-12-7)14-9(15)6-2-1-3-11-6/h4-6,11H,1-3H2,(H,12,13,14,15)/t6-/m0/s1. The van der Waals surface area contributed by atoms with E-state index in [4.69, 9.17) is 11.6 Å². The Balaban J connectivity index is 1.99. The zero-order valence-corrected chi connectivity index (χ0v) is 8.79. The fourth-order valence-electron chi connectivity index (χ4n) is 1.52. The van der Waals surface area contributed by atoms with Gasteiger partial charge in [-0.25, -0.2) is 9.97 Å². The van der Waals surface area contributed by atoms with Gasteiger partial charge in [-0.1, -0.05) is 11.6 Å². The molecule has 2 N–H and O–H groups in total. The number of anilines is 1. The van der Waals surface area contributed by atoms with Crippen LogP contribution in [0.1, 0.15) is 12.8 Å². The molecule has 2 heterocycles. The first-order valence-electron chi connectivity index (χ1n) is 4.77. The molecule has 1 aliphatic heterocycles. The average molecular weight is 227 g/mol. The molecule has 0 saturated carbocycles. The topological polar surface area (TPSA) is 66.9 Å². The van der Waals surface area contributed by atoms with Crippen molar-refractivity contribution in [3.8, 4) is 0 Å². The van der Waals surface area contributed by atoms with Crippen LogP contribution in [0.25, 0.3) is 0 Å². The second-order valence-electron chi connectivity index (χ2n) is 3.36. The molecule has 1 fully saturated rings. The normalized spacial score (nSPS) is 20.2. The van der Waals surface area contributed by atoms with Gasteiger partial charge in [-0.3, -0.25) is 4.79 Å². The Morgan fingerprint density at radius 2 is 2.47 bits per heavy atom. The average Bonchev–Trinajstić information content (AvgIpc) is 2.70. The zero-order chi connectivity index (χ0) is 10.7. The van der Waals surface area contributed by atoms with Gasteiger partial charge in [0.25, 0.3) is 0 Å². The van der Waals surface area contributed by atoms with Crippen LogP contribution >= 0.6 is 11.6 Å².